The molecule has 0 atom stereocenters. The van der Waals surface area contributed by atoms with Crippen LogP contribution in [0.25, 0.3) is 21.3 Å². The average Bonchev–Trinajstić information content (AvgIpc) is 3.23. The summed E-state index contributed by atoms with van der Waals surface area (Å²) in [6.45, 7) is 6.11. The smallest absolute Gasteiger partial charge is 0.266 e. The number of rotatable bonds is 4. The van der Waals surface area contributed by atoms with Crippen molar-refractivity contribution in [2.24, 2.45) is 0 Å². The van der Waals surface area contributed by atoms with Crippen molar-refractivity contribution in [3.05, 3.63) is 70.4 Å². The van der Waals surface area contributed by atoms with E-state index >= 15 is 0 Å². The highest BCUT2D eigenvalue weighted by atomic mass is 32.1. The Morgan fingerprint density at radius 3 is 2.38 bits per heavy atom. The molecule has 7 nitrogen and oxygen atoms in total. The monoisotopic (exact) mass is 514 g/mol. The molecule has 188 valence electrons. The summed E-state index contributed by atoms with van der Waals surface area (Å²) in [5.41, 5.74) is 16.4. The number of nitrogens with zero attached hydrogens (tertiary/aromatic N) is 4. The standard InChI is InChI=1S/C28H27FN6OS/c1-16(2)17-7-9-18(10-8-17)22-19(15-30)26(32)33-27-23(22)24(31)25(37-27)28(36)35-13-11-34(12-14-35)21-6-4-3-5-20(21)29/h3-10,16H,11-14,31H2,1-2H3,(H2,32,33). The first-order valence-electron chi connectivity index (χ1n) is 12.1. The van der Waals surface area contributed by atoms with Gasteiger partial charge in [0.2, 0.25) is 0 Å². The molecule has 1 aliphatic rings. The van der Waals surface area contributed by atoms with Gasteiger partial charge in [-0.3, -0.25) is 4.79 Å². The second-order valence-electron chi connectivity index (χ2n) is 9.39. The fraction of sp³-hybridized carbons (Fsp3) is 0.250. The van der Waals surface area contributed by atoms with Crippen LogP contribution in [-0.2, 0) is 0 Å². The van der Waals surface area contributed by atoms with E-state index < -0.39 is 0 Å². The molecule has 9 heteroatoms. The van der Waals surface area contributed by atoms with Crippen molar-refractivity contribution in [3.63, 3.8) is 0 Å². The SMILES string of the molecule is CC(C)c1ccc(-c2c(C#N)c(N)nc3sc(C(=O)N4CCN(c5ccccc5F)CC4)c(N)c23)cc1. The lowest BCUT2D eigenvalue weighted by molar-refractivity contribution is 0.0752. The van der Waals surface area contributed by atoms with Gasteiger partial charge in [-0.05, 0) is 29.2 Å². The lowest BCUT2D eigenvalue weighted by Crippen LogP contribution is -2.49. The summed E-state index contributed by atoms with van der Waals surface area (Å²) in [6.07, 6.45) is 0. The lowest BCUT2D eigenvalue weighted by atomic mass is 9.94. The van der Waals surface area contributed by atoms with Crippen LogP contribution in [0.3, 0.4) is 0 Å². The molecule has 2 aromatic heterocycles. The Kier molecular flexibility index (Phi) is 6.44. The molecular weight excluding hydrogens is 487 g/mol. The molecule has 5 rings (SSSR count). The van der Waals surface area contributed by atoms with Crippen LogP contribution in [0.1, 0.15) is 40.6 Å². The molecule has 1 aliphatic heterocycles. The second-order valence-corrected chi connectivity index (χ2v) is 10.4. The number of nitriles is 1. The number of piperazine rings is 1. The van der Waals surface area contributed by atoms with Gasteiger partial charge in [0.15, 0.2) is 0 Å². The van der Waals surface area contributed by atoms with E-state index in [2.05, 4.69) is 24.9 Å². The highest BCUT2D eigenvalue weighted by Gasteiger charge is 2.29. The van der Waals surface area contributed by atoms with Crippen molar-refractivity contribution in [1.82, 2.24) is 9.88 Å². The van der Waals surface area contributed by atoms with E-state index in [9.17, 15) is 14.4 Å². The third-order valence-corrected chi connectivity index (χ3v) is 7.92. The van der Waals surface area contributed by atoms with Gasteiger partial charge in [0, 0.05) is 37.1 Å². The molecule has 2 aromatic carbocycles. The van der Waals surface area contributed by atoms with E-state index in [0.29, 0.717) is 64.1 Å². The summed E-state index contributed by atoms with van der Waals surface area (Å²) in [5, 5.41) is 10.5. The van der Waals surface area contributed by atoms with E-state index in [4.69, 9.17) is 11.5 Å². The number of nitrogens with two attached hydrogens (primary N) is 2. The fourth-order valence-electron chi connectivity index (χ4n) is 4.77. The second kappa shape index (κ2) is 9.71. The molecule has 0 aliphatic carbocycles. The average molecular weight is 515 g/mol. The predicted octanol–water partition coefficient (Wildman–Crippen LogP) is 5.22. The third kappa shape index (κ3) is 4.34. The Bertz CT molecular complexity index is 1530. The number of nitrogen functional groups attached to an aromatic ring is 2. The highest BCUT2D eigenvalue weighted by molar-refractivity contribution is 7.21. The van der Waals surface area contributed by atoms with Crippen LogP contribution in [0.4, 0.5) is 21.6 Å². The molecule has 4 aromatic rings. The molecular formula is C28H27FN6OS. The summed E-state index contributed by atoms with van der Waals surface area (Å²) in [6, 6.07) is 16.8. The lowest BCUT2D eigenvalue weighted by Gasteiger charge is -2.36. The summed E-state index contributed by atoms with van der Waals surface area (Å²) < 4.78 is 14.2. The molecule has 0 unspecified atom stereocenters. The van der Waals surface area contributed by atoms with Crippen LogP contribution >= 0.6 is 11.3 Å². The largest absolute Gasteiger partial charge is 0.397 e. The van der Waals surface area contributed by atoms with Gasteiger partial charge in [-0.2, -0.15) is 5.26 Å². The molecule has 0 spiro atoms. The van der Waals surface area contributed by atoms with Crippen molar-refractivity contribution < 1.29 is 9.18 Å². The number of para-hydroxylation sites is 1. The Morgan fingerprint density at radius 1 is 1.08 bits per heavy atom. The highest BCUT2D eigenvalue weighted by Crippen LogP contribution is 2.43. The van der Waals surface area contributed by atoms with Gasteiger partial charge >= 0.3 is 0 Å². The van der Waals surface area contributed by atoms with E-state index in [1.54, 1.807) is 23.1 Å². The van der Waals surface area contributed by atoms with Crippen LogP contribution in [0.2, 0.25) is 0 Å². The third-order valence-electron chi connectivity index (χ3n) is 6.84. The van der Waals surface area contributed by atoms with Gasteiger partial charge in [-0.25, -0.2) is 9.37 Å². The quantitative estimate of drug-likeness (QED) is 0.386. The van der Waals surface area contributed by atoms with Crippen LogP contribution < -0.4 is 16.4 Å². The first-order chi connectivity index (χ1) is 17.8. The van der Waals surface area contributed by atoms with Crippen LogP contribution in [-0.4, -0.2) is 42.0 Å². The van der Waals surface area contributed by atoms with Gasteiger partial charge in [0.05, 0.1) is 11.4 Å². The molecule has 0 bridgehead atoms. The maximum atomic E-state index is 14.2. The number of pyridine rings is 1. The molecule has 1 amide bonds. The van der Waals surface area contributed by atoms with Gasteiger partial charge in [-0.15, -0.1) is 11.3 Å². The van der Waals surface area contributed by atoms with Gasteiger partial charge in [0.25, 0.3) is 5.91 Å². The number of benzene rings is 2. The summed E-state index contributed by atoms with van der Waals surface area (Å²) in [4.78, 5) is 22.5. The van der Waals surface area contributed by atoms with Crippen molar-refractivity contribution in [3.8, 4) is 17.2 Å². The van der Waals surface area contributed by atoms with Crippen molar-refractivity contribution in [2.75, 3.05) is 42.5 Å². The summed E-state index contributed by atoms with van der Waals surface area (Å²) >= 11 is 1.19. The zero-order valence-electron chi connectivity index (χ0n) is 20.7. The zero-order valence-corrected chi connectivity index (χ0v) is 21.5. The number of halogens is 1. The number of aromatic nitrogens is 1. The Balaban J connectivity index is 1.50. The number of hydrogen-bond acceptors (Lipinski definition) is 7. The molecule has 4 N–H and O–H groups in total. The maximum Gasteiger partial charge on any atom is 0.266 e. The van der Waals surface area contributed by atoms with Crippen molar-refractivity contribution in [1.29, 1.82) is 5.26 Å². The van der Waals surface area contributed by atoms with E-state index in [-0.39, 0.29) is 23.1 Å². The Labute approximate surface area is 218 Å². The zero-order chi connectivity index (χ0) is 26.3. The van der Waals surface area contributed by atoms with Gasteiger partial charge in [0.1, 0.15) is 33.0 Å². The number of carbonyl (C=O) groups excluding carboxylic acids is 1. The molecule has 0 saturated carbocycles. The summed E-state index contributed by atoms with van der Waals surface area (Å²) in [7, 11) is 0. The molecule has 1 fully saturated rings. The number of hydrogen-bond donors (Lipinski definition) is 2. The summed E-state index contributed by atoms with van der Waals surface area (Å²) in [5.74, 6) is -0.00759. The molecule has 0 radical (unpaired) electrons. The fourth-order valence-corrected chi connectivity index (χ4v) is 5.85. The topological polar surface area (TPSA) is 112 Å². The van der Waals surface area contributed by atoms with Crippen LogP contribution in [0, 0.1) is 17.1 Å². The minimum absolute atomic E-state index is 0.108. The minimum atomic E-state index is -0.276. The van der Waals surface area contributed by atoms with E-state index in [0.717, 1.165) is 5.56 Å². The van der Waals surface area contributed by atoms with E-state index in [1.165, 1.54) is 23.0 Å². The first kappa shape index (κ1) is 24.5. The number of thiophene rings is 1. The molecule has 3 heterocycles. The molecule has 37 heavy (non-hydrogen) atoms. The Morgan fingerprint density at radius 2 is 1.76 bits per heavy atom. The first-order valence-corrected chi connectivity index (χ1v) is 12.9. The van der Waals surface area contributed by atoms with Crippen molar-refractivity contribution in [2.45, 2.75) is 19.8 Å². The van der Waals surface area contributed by atoms with Crippen molar-refractivity contribution >= 4 is 44.7 Å². The number of amides is 1. The van der Waals surface area contributed by atoms with Gasteiger partial charge in [-0.1, -0.05) is 50.2 Å². The number of anilines is 3. The normalized spacial score (nSPS) is 13.8. The predicted molar refractivity (Wildman–Crippen MR) is 147 cm³/mol. The van der Waals surface area contributed by atoms with Crippen LogP contribution in [0.15, 0.2) is 48.5 Å². The van der Waals surface area contributed by atoms with Gasteiger partial charge < -0.3 is 21.3 Å². The Hall–Kier alpha value is -4.16. The number of fused-ring (bicyclic) bond motifs is 1. The minimum Gasteiger partial charge on any atom is -0.397 e. The van der Waals surface area contributed by atoms with Crippen LogP contribution in [0.5, 0.6) is 0 Å². The maximum absolute atomic E-state index is 14.2. The molecule has 1 saturated heterocycles. The number of carbonyl (C=O) groups is 1. The van der Waals surface area contributed by atoms with E-state index in [1.807, 2.05) is 29.2 Å².